The predicted octanol–water partition coefficient (Wildman–Crippen LogP) is 0.661. The first-order valence-electron chi connectivity index (χ1n) is 8.21. The van der Waals surface area contributed by atoms with Gasteiger partial charge in [-0.1, -0.05) is 0 Å². The number of halogens is 1. The number of piperidine rings is 1. The Morgan fingerprint density at radius 3 is 2.64 bits per heavy atom. The van der Waals surface area contributed by atoms with Crippen LogP contribution in [0.4, 0.5) is 4.39 Å². The third-order valence-electron chi connectivity index (χ3n) is 4.55. The standard InChI is InChI=1S/C17H21FN4O3/c1-20-12(10-15(23)21(2)17(20)24)11-22-8-5-13(6-9-22)25-16-14(18)4-3-7-19-16/h3-4,7,10,13H,5-6,8-9,11H2,1-2H3. The highest BCUT2D eigenvalue weighted by Gasteiger charge is 2.22. The molecule has 1 saturated heterocycles. The molecule has 0 amide bonds. The van der Waals surface area contributed by atoms with Gasteiger partial charge < -0.3 is 4.74 Å². The summed E-state index contributed by atoms with van der Waals surface area (Å²) < 4.78 is 21.8. The highest BCUT2D eigenvalue weighted by atomic mass is 19.1. The Morgan fingerprint density at radius 1 is 1.24 bits per heavy atom. The van der Waals surface area contributed by atoms with Gasteiger partial charge in [-0.05, 0) is 25.0 Å². The summed E-state index contributed by atoms with van der Waals surface area (Å²) in [6, 6.07) is 4.35. The minimum absolute atomic E-state index is 0.0369. The van der Waals surface area contributed by atoms with Crippen LogP contribution in [0.5, 0.6) is 5.88 Å². The van der Waals surface area contributed by atoms with Crippen LogP contribution in [0, 0.1) is 5.82 Å². The maximum absolute atomic E-state index is 13.6. The lowest BCUT2D eigenvalue weighted by Crippen LogP contribution is -2.42. The van der Waals surface area contributed by atoms with Gasteiger partial charge in [0, 0.05) is 51.7 Å². The summed E-state index contributed by atoms with van der Waals surface area (Å²) in [4.78, 5) is 29.9. The highest BCUT2D eigenvalue weighted by molar-refractivity contribution is 5.13. The Bertz CT molecular complexity index is 869. The van der Waals surface area contributed by atoms with Gasteiger partial charge in [0.1, 0.15) is 6.10 Å². The van der Waals surface area contributed by atoms with Gasteiger partial charge in [0.15, 0.2) is 5.82 Å². The third-order valence-corrected chi connectivity index (χ3v) is 4.55. The van der Waals surface area contributed by atoms with E-state index in [2.05, 4.69) is 9.88 Å². The topological polar surface area (TPSA) is 69.4 Å². The fraction of sp³-hybridized carbons (Fsp3) is 0.471. The van der Waals surface area contributed by atoms with Gasteiger partial charge in [0.05, 0.1) is 0 Å². The zero-order chi connectivity index (χ0) is 18.0. The summed E-state index contributed by atoms with van der Waals surface area (Å²) in [5.74, 6) is -0.421. The van der Waals surface area contributed by atoms with Crippen molar-refractivity contribution in [2.24, 2.45) is 14.1 Å². The van der Waals surface area contributed by atoms with E-state index in [1.54, 1.807) is 7.05 Å². The number of likely N-dealkylation sites (tertiary alicyclic amines) is 1. The first kappa shape index (κ1) is 17.3. The molecule has 1 aliphatic heterocycles. The third kappa shape index (κ3) is 3.79. The number of pyridine rings is 1. The normalized spacial score (nSPS) is 16.1. The van der Waals surface area contributed by atoms with Gasteiger partial charge in [0.25, 0.3) is 11.4 Å². The molecule has 1 aliphatic rings. The minimum Gasteiger partial charge on any atom is -0.472 e. The average molecular weight is 348 g/mol. The molecule has 2 aromatic rings. The Labute approximate surface area is 144 Å². The molecule has 0 aromatic carbocycles. The highest BCUT2D eigenvalue weighted by Crippen LogP contribution is 2.20. The average Bonchev–Trinajstić information content (AvgIpc) is 2.61. The van der Waals surface area contributed by atoms with Crippen LogP contribution in [0.2, 0.25) is 0 Å². The molecular formula is C17H21FN4O3. The number of rotatable bonds is 4. The quantitative estimate of drug-likeness (QED) is 0.812. The fourth-order valence-corrected chi connectivity index (χ4v) is 2.96. The summed E-state index contributed by atoms with van der Waals surface area (Å²) in [6.45, 7) is 2.00. The van der Waals surface area contributed by atoms with E-state index in [0.29, 0.717) is 12.2 Å². The van der Waals surface area contributed by atoms with Crippen molar-refractivity contribution in [1.29, 1.82) is 0 Å². The molecule has 3 heterocycles. The van der Waals surface area contributed by atoms with Crippen LogP contribution >= 0.6 is 0 Å². The van der Waals surface area contributed by atoms with Crippen LogP contribution in [0.15, 0.2) is 34.0 Å². The lowest BCUT2D eigenvalue weighted by Gasteiger charge is -2.32. The smallest absolute Gasteiger partial charge is 0.330 e. The summed E-state index contributed by atoms with van der Waals surface area (Å²) in [5, 5.41) is 0. The van der Waals surface area contributed by atoms with Crippen molar-refractivity contribution in [1.82, 2.24) is 19.0 Å². The van der Waals surface area contributed by atoms with E-state index >= 15 is 0 Å². The molecule has 0 N–H and O–H groups in total. The van der Waals surface area contributed by atoms with E-state index in [1.165, 1.54) is 36.0 Å². The molecule has 25 heavy (non-hydrogen) atoms. The summed E-state index contributed by atoms with van der Waals surface area (Å²) >= 11 is 0. The number of hydrogen-bond donors (Lipinski definition) is 0. The van der Waals surface area contributed by atoms with Gasteiger partial charge >= 0.3 is 5.69 Å². The Kier molecular flexibility index (Phi) is 4.98. The minimum atomic E-state index is -0.458. The summed E-state index contributed by atoms with van der Waals surface area (Å²) in [7, 11) is 3.13. The van der Waals surface area contributed by atoms with Crippen LogP contribution in [0.25, 0.3) is 0 Å². The Morgan fingerprint density at radius 2 is 1.96 bits per heavy atom. The molecule has 2 aromatic heterocycles. The van der Waals surface area contributed by atoms with Gasteiger partial charge in [0.2, 0.25) is 0 Å². The molecule has 8 heteroatoms. The number of hydrogen-bond acceptors (Lipinski definition) is 5. The zero-order valence-corrected chi connectivity index (χ0v) is 14.3. The maximum Gasteiger partial charge on any atom is 0.330 e. The van der Waals surface area contributed by atoms with Crippen molar-refractivity contribution in [3.63, 3.8) is 0 Å². The number of nitrogens with zero attached hydrogens (tertiary/aromatic N) is 4. The Hall–Kier alpha value is -2.48. The second-order valence-corrected chi connectivity index (χ2v) is 6.26. The van der Waals surface area contributed by atoms with Crippen molar-refractivity contribution < 1.29 is 9.13 Å². The van der Waals surface area contributed by atoms with Gasteiger partial charge in [-0.3, -0.25) is 18.8 Å². The molecule has 0 saturated carbocycles. The first-order valence-corrected chi connectivity index (χ1v) is 8.21. The van der Waals surface area contributed by atoms with E-state index in [4.69, 9.17) is 4.74 Å². The second-order valence-electron chi connectivity index (χ2n) is 6.26. The van der Waals surface area contributed by atoms with Crippen LogP contribution in [-0.2, 0) is 20.6 Å². The lowest BCUT2D eigenvalue weighted by atomic mass is 10.1. The van der Waals surface area contributed by atoms with E-state index in [9.17, 15) is 14.0 Å². The largest absolute Gasteiger partial charge is 0.472 e. The van der Waals surface area contributed by atoms with E-state index in [1.807, 2.05) is 0 Å². The van der Waals surface area contributed by atoms with Crippen LogP contribution < -0.4 is 16.0 Å². The van der Waals surface area contributed by atoms with Crippen molar-refractivity contribution in [3.05, 3.63) is 56.7 Å². The Balaban J connectivity index is 1.61. The van der Waals surface area contributed by atoms with Gasteiger partial charge in [-0.25, -0.2) is 14.2 Å². The molecule has 1 fully saturated rings. The molecule has 0 bridgehead atoms. The molecule has 0 radical (unpaired) electrons. The summed E-state index contributed by atoms with van der Waals surface area (Å²) in [5.41, 5.74) is 0.0523. The number of ether oxygens (including phenoxy) is 1. The fourth-order valence-electron chi connectivity index (χ4n) is 2.96. The molecule has 3 rings (SSSR count). The van der Waals surface area contributed by atoms with E-state index < -0.39 is 5.82 Å². The lowest BCUT2D eigenvalue weighted by molar-refractivity contribution is 0.0883. The monoisotopic (exact) mass is 348 g/mol. The van der Waals surface area contributed by atoms with Crippen molar-refractivity contribution >= 4 is 0 Å². The summed E-state index contributed by atoms with van der Waals surface area (Å²) in [6.07, 6.45) is 2.88. The van der Waals surface area contributed by atoms with Crippen molar-refractivity contribution in [3.8, 4) is 5.88 Å². The molecule has 7 nitrogen and oxygen atoms in total. The van der Waals surface area contributed by atoms with Crippen molar-refractivity contribution in [2.45, 2.75) is 25.5 Å². The SMILES string of the molecule is Cn1c(CN2CCC(Oc3ncccc3F)CC2)cc(=O)n(C)c1=O. The molecule has 134 valence electrons. The van der Waals surface area contributed by atoms with E-state index in [-0.39, 0.29) is 23.2 Å². The van der Waals surface area contributed by atoms with Crippen LogP contribution in [-0.4, -0.2) is 38.2 Å². The molecule has 0 unspecified atom stereocenters. The van der Waals surface area contributed by atoms with Crippen molar-refractivity contribution in [2.75, 3.05) is 13.1 Å². The van der Waals surface area contributed by atoms with E-state index in [0.717, 1.165) is 30.5 Å². The number of aromatic nitrogens is 3. The van der Waals surface area contributed by atoms with Gasteiger partial charge in [-0.15, -0.1) is 0 Å². The first-order chi connectivity index (χ1) is 12.0. The molecule has 0 spiro atoms. The second kappa shape index (κ2) is 7.18. The molecule has 0 atom stereocenters. The maximum atomic E-state index is 13.6. The zero-order valence-electron chi connectivity index (χ0n) is 14.3. The van der Waals surface area contributed by atoms with Gasteiger partial charge in [-0.2, -0.15) is 0 Å². The predicted molar refractivity (Wildman–Crippen MR) is 90.0 cm³/mol. The van der Waals surface area contributed by atoms with Crippen LogP contribution in [0.3, 0.4) is 0 Å². The molecular weight excluding hydrogens is 327 g/mol. The van der Waals surface area contributed by atoms with Crippen LogP contribution in [0.1, 0.15) is 18.5 Å². The molecule has 0 aliphatic carbocycles.